The van der Waals surface area contributed by atoms with Gasteiger partial charge in [0, 0.05) is 82.1 Å². The average Bonchev–Trinajstić information content (AvgIpc) is 2.80. The lowest BCUT2D eigenvalue weighted by atomic mass is 9.98. The molecule has 0 unspecified atom stereocenters. The van der Waals surface area contributed by atoms with E-state index in [4.69, 9.17) is 5.73 Å². The van der Waals surface area contributed by atoms with Gasteiger partial charge in [-0.05, 0) is 46.7 Å². The number of aromatic nitrogens is 3. The molecule has 0 radical (unpaired) electrons. The molecule has 26 nitrogen and oxygen atoms in total. The van der Waals surface area contributed by atoms with Crippen molar-refractivity contribution in [3.8, 4) is 0 Å². The highest BCUT2D eigenvalue weighted by molar-refractivity contribution is 7.80. The molecule has 0 saturated carbocycles. The van der Waals surface area contributed by atoms with Gasteiger partial charge in [0.15, 0.2) is 0 Å². The van der Waals surface area contributed by atoms with Crippen LogP contribution in [0.5, 0.6) is 0 Å². The maximum atomic E-state index is 14.8. The van der Waals surface area contributed by atoms with Crippen molar-refractivity contribution in [3.05, 3.63) is 108 Å². The minimum absolute atomic E-state index is 0.117. The largest absolute Gasteiger partial charge is 0.481 e. The van der Waals surface area contributed by atoms with Crippen LogP contribution in [0.2, 0.25) is 0 Å². The Kier molecular flexibility index (Phi) is 24.1. The average molecular weight is 1220 g/mol. The molecule has 3 aromatic heterocycles. The number of carboxylic acids is 2. The maximum absolute atomic E-state index is 14.8. The first-order valence-electron chi connectivity index (χ1n) is 27.7. The number of nitrogens with one attached hydrogen (secondary N) is 12. The Hall–Kier alpha value is -8.89. The number of rotatable bonds is 32. The van der Waals surface area contributed by atoms with E-state index in [1.807, 2.05) is 0 Å². The van der Waals surface area contributed by atoms with Gasteiger partial charge in [-0.3, -0.25) is 47.9 Å². The van der Waals surface area contributed by atoms with Gasteiger partial charge in [-0.15, -0.1) is 0 Å². The summed E-state index contributed by atoms with van der Waals surface area (Å²) >= 11 is 8.17. The molecule has 0 aliphatic rings. The Bertz CT molecular complexity index is 3440. The van der Waals surface area contributed by atoms with Crippen molar-refractivity contribution in [1.82, 2.24) is 62.8 Å². The molecule has 86 heavy (non-hydrogen) atoms. The van der Waals surface area contributed by atoms with Crippen molar-refractivity contribution < 1.29 is 63.0 Å². The number of thiol groups is 2. The van der Waals surface area contributed by atoms with Gasteiger partial charge >= 0.3 is 11.9 Å². The predicted molar refractivity (Wildman–Crippen MR) is 325 cm³/mol. The van der Waals surface area contributed by atoms with Gasteiger partial charge in [0.05, 0.1) is 25.6 Å². The normalized spacial score (nSPS) is 14.5. The first-order valence-corrected chi connectivity index (χ1v) is 29.0. The lowest BCUT2D eigenvalue weighted by Crippen LogP contribution is -2.60. The van der Waals surface area contributed by atoms with E-state index in [0.29, 0.717) is 44.9 Å². The van der Waals surface area contributed by atoms with Crippen LogP contribution in [0.4, 0.5) is 0 Å². The second-order valence-corrected chi connectivity index (χ2v) is 21.8. The standard InChI is InChI=1S/C58H73N13O13S2/c1-5-30(4)50(57(82)70-45(28-86)58(83)84)71-47(73)26-64-51(76)40(18-31-22-60-37-15-9-6-12-34(31)37)65-46(72)25-63-52(77)41(19-32-23-61-38-16-10-7-13-35(32)38)66-53(78)42(20-33-24-62-39-17-11-8-14-36(33)39)67-54(79)43(21-48(74)75)68-55(80)44(27-85)69-56(81)49(59)29(2)3/h6-17,22-24,29-30,40-45,49-50,60-62,85-86H,5,18-21,25-28,59H2,1-4H3,(H,63,77)(H,64,76)(H,65,72)(H,66,78)(H,67,79)(H,68,80)(H,69,81)(H,70,82)(H,71,73)(H,74,75)(H,83,84)/t30-,40-,41-,42-,43-,44-,45-,49-,50-/m0/s1. The zero-order chi connectivity index (χ0) is 62.8. The summed E-state index contributed by atoms with van der Waals surface area (Å²) in [5.74, 6) is -11.9. The Morgan fingerprint density at radius 2 is 0.849 bits per heavy atom. The molecule has 6 aromatic rings. The SMILES string of the molecule is CC[C@H](C)[C@H](NC(=O)CNC(=O)[C@H](Cc1c[nH]c2ccccc12)NC(=O)CNC(=O)[C@H](Cc1c[nH]c2ccccc12)NC(=O)[C@H](Cc1c[nH]c2ccccc12)NC(=O)[C@H](CC(=O)O)NC(=O)[C@H](CS)NC(=O)[C@@H](N)C(C)C)C(=O)N[C@@H](CS)C(=O)O. The Balaban J connectivity index is 1.23. The van der Waals surface area contributed by atoms with Crippen molar-refractivity contribution >= 4 is 123 Å². The molecule has 0 bridgehead atoms. The molecule has 28 heteroatoms. The number of H-pyrrole nitrogens is 3. The van der Waals surface area contributed by atoms with Crippen LogP contribution in [-0.2, 0) is 72.0 Å². The molecule has 0 aliphatic carbocycles. The lowest BCUT2D eigenvalue weighted by Gasteiger charge is -2.26. The molecule has 3 aromatic carbocycles. The van der Waals surface area contributed by atoms with E-state index in [0.717, 1.165) is 10.9 Å². The van der Waals surface area contributed by atoms with E-state index in [-0.39, 0.29) is 36.7 Å². The van der Waals surface area contributed by atoms with Crippen molar-refractivity contribution in [2.75, 3.05) is 24.6 Å². The number of carbonyl (C=O) groups excluding carboxylic acids is 9. The van der Waals surface area contributed by atoms with Gasteiger partial charge in [0.25, 0.3) is 0 Å². The van der Waals surface area contributed by atoms with Gasteiger partial charge in [0.2, 0.25) is 53.2 Å². The number of hydrogen-bond acceptors (Lipinski definition) is 14. The number of nitrogens with two attached hydrogens (primary N) is 1. The molecule has 6 rings (SSSR count). The summed E-state index contributed by atoms with van der Waals surface area (Å²) in [6, 6.07) is 10.3. The first kappa shape index (κ1) is 66.3. The summed E-state index contributed by atoms with van der Waals surface area (Å²) in [5.41, 5.74) is 9.77. The van der Waals surface area contributed by atoms with Crippen molar-refractivity contribution in [3.63, 3.8) is 0 Å². The highest BCUT2D eigenvalue weighted by atomic mass is 32.1. The monoisotopic (exact) mass is 1220 g/mol. The number of carbonyl (C=O) groups is 11. The van der Waals surface area contributed by atoms with Crippen molar-refractivity contribution in [1.29, 1.82) is 0 Å². The molecule has 9 amide bonds. The Labute approximate surface area is 505 Å². The number of carboxylic acid groups (broad SMARTS) is 2. The number of benzene rings is 3. The second-order valence-electron chi connectivity index (χ2n) is 21.1. The molecule has 0 saturated heterocycles. The highest BCUT2D eigenvalue weighted by Gasteiger charge is 2.35. The second kappa shape index (κ2) is 31.3. The summed E-state index contributed by atoms with van der Waals surface area (Å²) in [6.07, 6.45) is 3.81. The fourth-order valence-electron chi connectivity index (χ4n) is 9.35. The molecular formula is C58H73N13O13S2. The minimum Gasteiger partial charge on any atom is -0.481 e. The fraction of sp³-hybridized carbons (Fsp3) is 0.397. The lowest BCUT2D eigenvalue weighted by molar-refractivity contribution is -0.142. The molecule has 460 valence electrons. The molecular weight excluding hydrogens is 1150 g/mol. The minimum atomic E-state index is -1.81. The quantitative estimate of drug-likeness (QED) is 0.0252. The van der Waals surface area contributed by atoms with Crippen LogP contribution < -0.4 is 53.6 Å². The van der Waals surface area contributed by atoms with Crippen LogP contribution in [0, 0.1) is 11.8 Å². The number of amides is 9. The first-order chi connectivity index (χ1) is 41.0. The Morgan fingerprint density at radius 3 is 1.27 bits per heavy atom. The molecule has 0 fully saturated rings. The van der Waals surface area contributed by atoms with Crippen LogP contribution in [0.15, 0.2) is 91.4 Å². The van der Waals surface area contributed by atoms with Crippen LogP contribution in [-0.4, -0.2) is 163 Å². The summed E-state index contributed by atoms with van der Waals surface area (Å²) in [6.45, 7) is 5.42. The number of aliphatic carboxylic acids is 2. The van der Waals surface area contributed by atoms with E-state index in [9.17, 15) is 63.0 Å². The van der Waals surface area contributed by atoms with Gasteiger partial charge in [-0.25, -0.2) is 4.79 Å². The van der Waals surface area contributed by atoms with Crippen LogP contribution >= 0.6 is 25.3 Å². The number of aromatic amines is 3. The molecule has 16 N–H and O–H groups in total. The third kappa shape index (κ3) is 18.1. The number of para-hydroxylation sites is 3. The van der Waals surface area contributed by atoms with E-state index in [2.05, 4.69) is 88.1 Å². The topological polar surface area (TPSA) is 410 Å². The van der Waals surface area contributed by atoms with Gasteiger partial charge in [0.1, 0.15) is 42.3 Å². The third-order valence-electron chi connectivity index (χ3n) is 14.5. The van der Waals surface area contributed by atoms with Crippen LogP contribution in [0.3, 0.4) is 0 Å². The fourth-order valence-corrected chi connectivity index (χ4v) is 9.86. The summed E-state index contributed by atoms with van der Waals surface area (Å²) in [7, 11) is 0. The zero-order valence-electron chi connectivity index (χ0n) is 47.7. The van der Waals surface area contributed by atoms with Crippen LogP contribution in [0.1, 0.15) is 57.2 Å². The van der Waals surface area contributed by atoms with Gasteiger partial charge in [-0.2, -0.15) is 25.3 Å². The molecule has 0 aliphatic heterocycles. The summed E-state index contributed by atoms with van der Waals surface area (Å²) in [4.78, 5) is 158. The third-order valence-corrected chi connectivity index (χ3v) is 15.2. The molecule has 3 heterocycles. The van der Waals surface area contributed by atoms with Crippen molar-refractivity contribution in [2.24, 2.45) is 17.6 Å². The number of fused-ring (bicyclic) bond motifs is 3. The highest BCUT2D eigenvalue weighted by Crippen LogP contribution is 2.23. The maximum Gasteiger partial charge on any atom is 0.327 e. The smallest absolute Gasteiger partial charge is 0.327 e. The number of hydrogen-bond donors (Lipinski definition) is 17. The van der Waals surface area contributed by atoms with E-state index >= 15 is 0 Å². The Morgan fingerprint density at radius 1 is 0.477 bits per heavy atom. The van der Waals surface area contributed by atoms with Gasteiger partial charge in [-0.1, -0.05) is 88.7 Å². The predicted octanol–water partition coefficient (Wildman–Crippen LogP) is 0.233. The zero-order valence-corrected chi connectivity index (χ0v) is 49.4. The van der Waals surface area contributed by atoms with E-state index < -0.39 is 139 Å². The molecule has 9 atom stereocenters. The van der Waals surface area contributed by atoms with E-state index in [1.54, 1.807) is 119 Å². The van der Waals surface area contributed by atoms with Crippen LogP contribution in [0.25, 0.3) is 32.7 Å². The van der Waals surface area contributed by atoms with Gasteiger partial charge < -0.3 is 78.7 Å². The van der Waals surface area contributed by atoms with Crippen molar-refractivity contribution in [2.45, 2.75) is 108 Å². The summed E-state index contributed by atoms with van der Waals surface area (Å²) in [5, 5.41) is 44.2. The summed E-state index contributed by atoms with van der Waals surface area (Å²) < 4.78 is 0. The molecule has 0 spiro atoms. The van der Waals surface area contributed by atoms with E-state index in [1.165, 1.54) is 0 Å².